The van der Waals surface area contributed by atoms with Crippen molar-refractivity contribution in [2.24, 2.45) is 5.92 Å². The van der Waals surface area contributed by atoms with E-state index in [1.807, 2.05) is 6.07 Å². The molecule has 2 heterocycles. The zero-order chi connectivity index (χ0) is 20.2. The number of nitrogens with one attached hydrogen (secondary N) is 1. The molecule has 1 saturated heterocycles. The van der Waals surface area contributed by atoms with Gasteiger partial charge in [-0.2, -0.15) is 10.4 Å². The molecule has 0 bridgehead atoms. The fraction of sp³-hybridized carbons (Fsp3) is 0.227. The van der Waals surface area contributed by atoms with Crippen LogP contribution in [0.1, 0.15) is 29.2 Å². The predicted octanol–water partition coefficient (Wildman–Crippen LogP) is 3.28. The van der Waals surface area contributed by atoms with E-state index >= 15 is 0 Å². The SMILES string of the molecule is N#Cc1cccc(CNC(=O)[C@H]2CCO[C@@H]2c2cnn(-c3ccccc3F)c2)c1. The fourth-order valence-electron chi connectivity index (χ4n) is 3.51. The largest absolute Gasteiger partial charge is 0.373 e. The fourth-order valence-corrected chi connectivity index (χ4v) is 3.51. The smallest absolute Gasteiger partial charge is 0.226 e. The molecule has 0 spiro atoms. The molecular formula is C22H19FN4O2. The number of nitrogens with zero attached hydrogens (tertiary/aromatic N) is 3. The minimum absolute atomic E-state index is 0.117. The van der Waals surface area contributed by atoms with Gasteiger partial charge in [-0.3, -0.25) is 4.79 Å². The van der Waals surface area contributed by atoms with Crippen LogP contribution in [-0.2, 0) is 16.1 Å². The number of hydrogen-bond donors (Lipinski definition) is 1. The van der Waals surface area contributed by atoms with Gasteiger partial charge in [0.05, 0.1) is 29.9 Å². The second kappa shape index (κ2) is 8.25. The van der Waals surface area contributed by atoms with Crippen molar-refractivity contribution >= 4 is 5.91 Å². The zero-order valence-corrected chi connectivity index (χ0v) is 15.6. The van der Waals surface area contributed by atoms with Gasteiger partial charge in [-0.1, -0.05) is 24.3 Å². The maximum absolute atomic E-state index is 14.0. The van der Waals surface area contributed by atoms with Gasteiger partial charge in [-0.15, -0.1) is 0 Å². The van der Waals surface area contributed by atoms with Crippen molar-refractivity contribution < 1.29 is 13.9 Å². The number of carbonyl (C=O) groups is 1. The first-order valence-electron chi connectivity index (χ1n) is 9.33. The monoisotopic (exact) mass is 390 g/mol. The van der Waals surface area contributed by atoms with E-state index in [4.69, 9.17) is 10.00 Å². The first-order valence-corrected chi connectivity index (χ1v) is 9.33. The average molecular weight is 390 g/mol. The third kappa shape index (κ3) is 4.03. The third-order valence-corrected chi connectivity index (χ3v) is 4.98. The van der Waals surface area contributed by atoms with Crippen LogP contribution in [0, 0.1) is 23.1 Å². The van der Waals surface area contributed by atoms with Crippen LogP contribution in [0.2, 0.25) is 0 Å². The number of benzene rings is 2. The number of ether oxygens (including phenoxy) is 1. The molecule has 2 aromatic carbocycles. The van der Waals surface area contributed by atoms with E-state index in [2.05, 4.69) is 16.5 Å². The van der Waals surface area contributed by atoms with Crippen LogP contribution in [0.25, 0.3) is 5.69 Å². The van der Waals surface area contributed by atoms with Crippen LogP contribution in [0.4, 0.5) is 4.39 Å². The molecule has 7 heteroatoms. The van der Waals surface area contributed by atoms with Gasteiger partial charge in [0.25, 0.3) is 0 Å². The van der Waals surface area contributed by atoms with Gasteiger partial charge in [0.1, 0.15) is 11.5 Å². The lowest BCUT2D eigenvalue weighted by Crippen LogP contribution is -2.31. The summed E-state index contributed by atoms with van der Waals surface area (Å²) in [5, 5.41) is 16.1. The number of rotatable bonds is 5. The maximum Gasteiger partial charge on any atom is 0.226 e. The molecule has 146 valence electrons. The molecule has 4 rings (SSSR count). The van der Waals surface area contributed by atoms with Crippen LogP contribution in [0.3, 0.4) is 0 Å². The van der Waals surface area contributed by atoms with Crippen molar-refractivity contribution in [2.45, 2.75) is 19.1 Å². The van der Waals surface area contributed by atoms with Gasteiger partial charge in [-0.25, -0.2) is 9.07 Å². The number of amides is 1. The van der Waals surface area contributed by atoms with Gasteiger partial charge in [0, 0.05) is 24.9 Å². The van der Waals surface area contributed by atoms with Gasteiger partial charge in [0.2, 0.25) is 5.91 Å². The first-order chi connectivity index (χ1) is 14.2. The normalized spacial score (nSPS) is 18.3. The summed E-state index contributed by atoms with van der Waals surface area (Å²) in [6, 6.07) is 15.6. The third-order valence-electron chi connectivity index (χ3n) is 4.98. The standard InChI is InChI=1S/C22H19FN4O2/c23-19-6-1-2-7-20(19)27-14-17(13-26-27)21-18(8-9-29-21)22(28)25-12-16-5-3-4-15(10-16)11-24/h1-7,10,13-14,18,21H,8-9,12H2,(H,25,28)/t18-,21+/m0/s1. The van der Waals surface area contributed by atoms with Crippen molar-refractivity contribution in [3.63, 3.8) is 0 Å². The Hall–Kier alpha value is -3.50. The van der Waals surface area contributed by atoms with E-state index in [9.17, 15) is 9.18 Å². The van der Waals surface area contributed by atoms with Crippen LogP contribution in [0.5, 0.6) is 0 Å². The Labute approximate surface area is 167 Å². The Morgan fingerprint density at radius 2 is 2.17 bits per heavy atom. The van der Waals surface area contributed by atoms with E-state index in [1.54, 1.807) is 48.8 Å². The minimum Gasteiger partial charge on any atom is -0.373 e. The molecule has 1 fully saturated rings. The summed E-state index contributed by atoms with van der Waals surface area (Å²) in [4.78, 5) is 12.7. The van der Waals surface area contributed by atoms with E-state index < -0.39 is 6.10 Å². The van der Waals surface area contributed by atoms with E-state index in [-0.39, 0.29) is 17.6 Å². The highest BCUT2D eigenvalue weighted by Gasteiger charge is 2.36. The Morgan fingerprint density at radius 3 is 3.00 bits per heavy atom. The number of para-hydroxylation sites is 1. The summed E-state index contributed by atoms with van der Waals surface area (Å²) >= 11 is 0. The van der Waals surface area contributed by atoms with Crippen molar-refractivity contribution in [3.8, 4) is 11.8 Å². The molecule has 1 N–H and O–H groups in total. The van der Waals surface area contributed by atoms with Crippen molar-refractivity contribution in [3.05, 3.63) is 83.4 Å². The quantitative estimate of drug-likeness (QED) is 0.725. The molecule has 0 radical (unpaired) electrons. The van der Waals surface area contributed by atoms with Gasteiger partial charge >= 0.3 is 0 Å². The van der Waals surface area contributed by atoms with Gasteiger partial charge in [-0.05, 0) is 36.2 Å². The average Bonchev–Trinajstić information content (AvgIpc) is 3.42. The summed E-state index contributed by atoms with van der Waals surface area (Å²) in [7, 11) is 0. The molecule has 3 aromatic rings. The van der Waals surface area contributed by atoms with E-state index in [0.29, 0.717) is 30.8 Å². The zero-order valence-electron chi connectivity index (χ0n) is 15.6. The molecule has 1 aliphatic heterocycles. The highest BCUT2D eigenvalue weighted by atomic mass is 19.1. The number of halogens is 1. The number of nitriles is 1. The van der Waals surface area contributed by atoms with Gasteiger partial charge in [0.15, 0.2) is 0 Å². The van der Waals surface area contributed by atoms with Crippen LogP contribution >= 0.6 is 0 Å². The molecule has 1 amide bonds. The van der Waals surface area contributed by atoms with E-state index in [1.165, 1.54) is 10.7 Å². The lowest BCUT2D eigenvalue weighted by atomic mass is 9.96. The highest BCUT2D eigenvalue weighted by Crippen LogP contribution is 2.35. The summed E-state index contributed by atoms with van der Waals surface area (Å²) in [5.41, 5.74) is 2.49. The Kier molecular flexibility index (Phi) is 5.36. The maximum atomic E-state index is 14.0. The predicted molar refractivity (Wildman–Crippen MR) is 103 cm³/mol. The number of hydrogen-bond acceptors (Lipinski definition) is 4. The Balaban J connectivity index is 1.46. The summed E-state index contributed by atoms with van der Waals surface area (Å²) in [6.45, 7) is 0.809. The van der Waals surface area contributed by atoms with E-state index in [0.717, 1.165) is 11.1 Å². The molecule has 0 aliphatic carbocycles. The van der Waals surface area contributed by atoms with Crippen molar-refractivity contribution in [1.82, 2.24) is 15.1 Å². The second-order valence-corrected chi connectivity index (χ2v) is 6.89. The topological polar surface area (TPSA) is 79.9 Å². The molecule has 2 atom stereocenters. The summed E-state index contributed by atoms with van der Waals surface area (Å²) in [6.07, 6.45) is 3.48. The highest BCUT2D eigenvalue weighted by molar-refractivity contribution is 5.79. The molecule has 29 heavy (non-hydrogen) atoms. The summed E-state index contributed by atoms with van der Waals surface area (Å²) in [5.74, 6) is -0.843. The Bertz CT molecular complexity index is 1070. The van der Waals surface area contributed by atoms with Crippen LogP contribution in [-0.4, -0.2) is 22.3 Å². The minimum atomic E-state index is -0.430. The second-order valence-electron chi connectivity index (χ2n) is 6.89. The number of carbonyl (C=O) groups excluding carboxylic acids is 1. The first kappa shape index (κ1) is 18.8. The van der Waals surface area contributed by atoms with Crippen LogP contribution in [0.15, 0.2) is 60.9 Å². The molecule has 1 aromatic heterocycles. The van der Waals surface area contributed by atoms with Crippen LogP contribution < -0.4 is 5.32 Å². The molecule has 0 unspecified atom stereocenters. The summed E-state index contributed by atoms with van der Waals surface area (Å²) < 4.78 is 21.2. The molecular weight excluding hydrogens is 371 g/mol. The lowest BCUT2D eigenvalue weighted by Gasteiger charge is -2.17. The van der Waals surface area contributed by atoms with Crippen molar-refractivity contribution in [1.29, 1.82) is 5.26 Å². The lowest BCUT2D eigenvalue weighted by molar-refractivity contribution is -0.126. The molecule has 0 saturated carbocycles. The molecule has 6 nitrogen and oxygen atoms in total. The number of aromatic nitrogens is 2. The Morgan fingerprint density at radius 1 is 1.31 bits per heavy atom. The molecule has 1 aliphatic rings. The van der Waals surface area contributed by atoms with Crippen molar-refractivity contribution in [2.75, 3.05) is 6.61 Å². The van der Waals surface area contributed by atoms with Gasteiger partial charge < -0.3 is 10.1 Å².